The Hall–Kier alpha value is -2.12. The van der Waals surface area contributed by atoms with Crippen molar-refractivity contribution in [1.29, 1.82) is 0 Å². The molecule has 0 fully saturated rings. The highest BCUT2D eigenvalue weighted by Crippen LogP contribution is 2.28. The minimum absolute atomic E-state index is 0.0307. The lowest BCUT2D eigenvalue weighted by atomic mass is 10.2. The Balaban J connectivity index is 1.90. The zero-order chi connectivity index (χ0) is 17.4. The number of thioether (sulfide) groups is 1. The number of carbonyl (C=O) groups is 1. The fraction of sp³-hybridized carbons (Fsp3) is 0.235. The average Bonchev–Trinajstić information content (AvgIpc) is 3.00. The Bertz CT molecular complexity index is 704. The molecule has 1 amide bonds. The summed E-state index contributed by atoms with van der Waals surface area (Å²) in [4.78, 5) is 13.9. The molecule has 0 aliphatic heterocycles. The van der Waals surface area contributed by atoms with E-state index in [1.807, 2.05) is 31.2 Å². The molecular weight excluding hydrogens is 340 g/mol. The van der Waals surface area contributed by atoms with Gasteiger partial charge in [-0.2, -0.15) is 0 Å². The number of rotatable bonds is 9. The summed E-state index contributed by atoms with van der Waals surface area (Å²) in [5.41, 5.74) is 2.15. The molecule has 1 aromatic carbocycles. The van der Waals surface area contributed by atoms with E-state index in [4.69, 9.17) is 0 Å². The molecule has 7 heteroatoms. The van der Waals surface area contributed by atoms with Gasteiger partial charge in [0.2, 0.25) is 11.0 Å². The number of carbonyl (C=O) groups excluding carboxylic acids is 1. The molecule has 2 aromatic rings. The average molecular weight is 361 g/mol. The van der Waals surface area contributed by atoms with Crippen LogP contribution in [0.4, 0.5) is 10.8 Å². The largest absolute Gasteiger partial charge is 0.335 e. The molecule has 2 rings (SSSR count). The van der Waals surface area contributed by atoms with Crippen LogP contribution < -0.4 is 5.32 Å². The molecule has 1 N–H and O–H groups in total. The monoisotopic (exact) mass is 360 g/mol. The van der Waals surface area contributed by atoms with Crippen LogP contribution in [0.15, 0.2) is 53.9 Å². The van der Waals surface area contributed by atoms with Crippen molar-refractivity contribution in [3.05, 3.63) is 55.1 Å². The summed E-state index contributed by atoms with van der Waals surface area (Å²) in [7, 11) is 0. The van der Waals surface area contributed by atoms with Crippen LogP contribution in [0, 0.1) is 6.92 Å². The van der Waals surface area contributed by atoms with Crippen LogP contribution in [0.5, 0.6) is 0 Å². The topological polar surface area (TPSA) is 58.1 Å². The summed E-state index contributed by atoms with van der Waals surface area (Å²) in [6.45, 7) is 10.4. The second kappa shape index (κ2) is 9.24. The van der Waals surface area contributed by atoms with E-state index in [-0.39, 0.29) is 5.91 Å². The Morgan fingerprint density at radius 3 is 2.75 bits per heavy atom. The minimum Gasteiger partial charge on any atom is -0.335 e. The van der Waals surface area contributed by atoms with Gasteiger partial charge in [-0.3, -0.25) is 4.79 Å². The van der Waals surface area contributed by atoms with E-state index in [1.165, 1.54) is 28.7 Å². The van der Waals surface area contributed by atoms with Gasteiger partial charge in [0.1, 0.15) is 0 Å². The summed E-state index contributed by atoms with van der Waals surface area (Å²) >= 11 is 2.82. The molecule has 0 radical (unpaired) electrons. The zero-order valence-corrected chi connectivity index (χ0v) is 15.2. The highest BCUT2D eigenvalue weighted by atomic mass is 32.2. The summed E-state index contributed by atoms with van der Waals surface area (Å²) in [5.74, 6) is 0.351. The van der Waals surface area contributed by atoms with E-state index in [1.54, 1.807) is 17.1 Å². The predicted octanol–water partition coefficient (Wildman–Crippen LogP) is 3.88. The number of amides is 1. The quantitative estimate of drug-likeness (QED) is 0.543. The van der Waals surface area contributed by atoms with Crippen LogP contribution in [0.3, 0.4) is 0 Å². The summed E-state index contributed by atoms with van der Waals surface area (Å²) in [5, 5.41) is 12.2. The van der Waals surface area contributed by atoms with Gasteiger partial charge in [0.05, 0.1) is 5.75 Å². The Kier molecular flexibility index (Phi) is 7.02. The van der Waals surface area contributed by atoms with Gasteiger partial charge in [-0.25, -0.2) is 0 Å². The third kappa shape index (κ3) is 5.50. The standard InChI is InChI=1S/C17H20N4OS2/c1-4-9-21(10-5-2)15(22)12-23-17-20-19-16(24-17)18-14-8-6-7-13(3)11-14/h4-8,11H,1-2,9-10,12H2,3H3,(H,18,19). The molecule has 0 aliphatic rings. The maximum absolute atomic E-state index is 12.2. The van der Waals surface area contributed by atoms with Gasteiger partial charge in [-0.05, 0) is 24.6 Å². The van der Waals surface area contributed by atoms with Gasteiger partial charge >= 0.3 is 0 Å². The highest BCUT2D eigenvalue weighted by molar-refractivity contribution is 8.01. The number of benzene rings is 1. The summed E-state index contributed by atoms with van der Waals surface area (Å²) in [6, 6.07) is 8.05. The Morgan fingerprint density at radius 2 is 2.08 bits per heavy atom. The van der Waals surface area contributed by atoms with Crippen molar-refractivity contribution < 1.29 is 4.79 Å². The number of nitrogens with one attached hydrogen (secondary N) is 1. The molecule has 126 valence electrons. The Morgan fingerprint density at radius 1 is 1.33 bits per heavy atom. The third-order valence-electron chi connectivity index (χ3n) is 3.05. The van der Waals surface area contributed by atoms with Crippen molar-refractivity contribution in [2.75, 3.05) is 24.2 Å². The van der Waals surface area contributed by atoms with Crippen molar-refractivity contribution in [3.8, 4) is 0 Å². The molecule has 1 aromatic heterocycles. The number of hydrogen-bond acceptors (Lipinski definition) is 6. The van der Waals surface area contributed by atoms with Gasteiger partial charge in [0.15, 0.2) is 4.34 Å². The predicted molar refractivity (Wildman–Crippen MR) is 102 cm³/mol. The van der Waals surface area contributed by atoms with Crippen LogP contribution in [0.2, 0.25) is 0 Å². The second-order valence-corrected chi connectivity index (χ2v) is 7.23. The molecule has 24 heavy (non-hydrogen) atoms. The van der Waals surface area contributed by atoms with Crippen LogP contribution in [-0.2, 0) is 4.79 Å². The molecule has 0 saturated carbocycles. The number of aryl methyl sites for hydroxylation is 1. The van der Waals surface area contributed by atoms with Gasteiger partial charge in [-0.15, -0.1) is 23.4 Å². The molecule has 5 nitrogen and oxygen atoms in total. The lowest BCUT2D eigenvalue weighted by Gasteiger charge is -2.18. The molecule has 0 bridgehead atoms. The number of anilines is 2. The van der Waals surface area contributed by atoms with Crippen molar-refractivity contribution in [2.24, 2.45) is 0 Å². The number of nitrogens with zero attached hydrogens (tertiary/aromatic N) is 3. The van der Waals surface area contributed by atoms with Gasteiger partial charge < -0.3 is 10.2 Å². The van der Waals surface area contributed by atoms with E-state index < -0.39 is 0 Å². The molecule has 0 atom stereocenters. The van der Waals surface area contributed by atoms with Crippen molar-refractivity contribution in [1.82, 2.24) is 15.1 Å². The first-order chi connectivity index (χ1) is 11.6. The normalized spacial score (nSPS) is 10.2. The van der Waals surface area contributed by atoms with E-state index >= 15 is 0 Å². The van der Waals surface area contributed by atoms with Crippen molar-refractivity contribution >= 4 is 39.8 Å². The second-order valence-electron chi connectivity index (χ2n) is 5.03. The Labute approximate surface area is 150 Å². The maximum atomic E-state index is 12.2. The van der Waals surface area contributed by atoms with Crippen molar-refractivity contribution in [3.63, 3.8) is 0 Å². The SMILES string of the molecule is C=CCN(CC=C)C(=O)CSc1nnc(Nc2cccc(C)c2)s1. The van der Waals surface area contributed by atoms with E-state index in [2.05, 4.69) is 28.7 Å². The van der Waals surface area contributed by atoms with Crippen molar-refractivity contribution in [2.45, 2.75) is 11.3 Å². The first kappa shape index (κ1) is 18.2. The molecule has 0 unspecified atom stereocenters. The minimum atomic E-state index is 0.0307. The first-order valence-electron chi connectivity index (χ1n) is 7.42. The van der Waals surface area contributed by atoms with E-state index in [9.17, 15) is 4.79 Å². The summed E-state index contributed by atoms with van der Waals surface area (Å²) in [6.07, 6.45) is 3.42. The number of aromatic nitrogens is 2. The smallest absolute Gasteiger partial charge is 0.233 e. The summed E-state index contributed by atoms with van der Waals surface area (Å²) < 4.78 is 0.760. The van der Waals surface area contributed by atoms with Gasteiger partial charge in [0, 0.05) is 18.8 Å². The molecular formula is C17H20N4OS2. The van der Waals surface area contributed by atoms with Crippen LogP contribution >= 0.6 is 23.1 Å². The van der Waals surface area contributed by atoms with Gasteiger partial charge in [-0.1, -0.05) is 47.4 Å². The van der Waals surface area contributed by atoms with E-state index in [0.29, 0.717) is 24.0 Å². The molecule has 0 aliphatic carbocycles. The maximum Gasteiger partial charge on any atom is 0.233 e. The van der Waals surface area contributed by atoms with Crippen LogP contribution in [0.1, 0.15) is 5.56 Å². The lowest BCUT2D eigenvalue weighted by molar-refractivity contribution is -0.127. The fourth-order valence-corrected chi connectivity index (χ4v) is 3.64. The third-order valence-corrected chi connectivity index (χ3v) is 5.00. The fourth-order valence-electron chi connectivity index (χ4n) is 1.97. The zero-order valence-electron chi connectivity index (χ0n) is 13.6. The first-order valence-corrected chi connectivity index (χ1v) is 9.22. The number of hydrogen-bond donors (Lipinski definition) is 1. The van der Waals surface area contributed by atoms with E-state index in [0.717, 1.165) is 10.0 Å². The van der Waals surface area contributed by atoms with Gasteiger partial charge in [0.25, 0.3) is 0 Å². The molecule has 0 spiro atoms. The molecule has 1 heterocycles. The van der Waals surface area contributed by atoms with Crippen LogP contribution in [-0.4, -0.2) is 39.8 Å². The lowest BCUT2D eigenvalue weighted by Crippen LogP contribution is -2.32. The van der Waals surface area contributed by atoms with Crippen LogP contribution in [0.25, 0.3) is 0 Å². The highest BCUT2D eigenvalue weighted by Gasteiger charge is 2.13. The molecule has 0 saturated heterocycles.